The number of nitrogens with one attached hydrogen (secondary N) is 1. The molecule has 7 rings (SSSR count). The van der Waals surface area contributed by atoms with E-state index in [1.165, 1.54) is 43.5 Å². The number of piperazine rings is 1. The van der Waals surface area contributed by atoms with E-state index >= 15 is 0 Å². The molecule has 3 amide bonds. The van der Waals surface area contributed by atoms with Crippen molar-refractivity contribution in [2.24, 2.45) is 5.92 Å². The minimum Gasteiger partial charge on any atom is -0.492 e. The summed E-state index contributed by atoms with van der Waals surface area (Å²) in [6.45, 7) is 10.3. The van der Waals surface area contributed by atoms with E-state index in [4.69, 9.17) is 9.47 Å². The number of fused-ring (bicyclic) bond motifs is 1. The highest BCUT2D eigenvalue weighted by Crippen LogP contribution is 2.31. The second-order valence-electron chi connectivity index (χ2n) is 13.6. The largest absolute Gasteiger partial charge is 0.492 e. The number of anilines is 1. The van der Waals surface area contributed by atoms with Gasteiger partial charge >= 0.3 is 0 Å². The Bertz CT molecular complexity index is 1420. The molecule has 1 N–H and O–H groups in total. The van der Waals surface area contributed by atoms with Gasteiger partial charge in [-0.2, -0.15) is 0 Å². The molecular weight excluding hydrogens is 582 g/mol. The summed E-state index contributed by atoms with van der Waals surface area (Å²) in [5, 5.41) is 2.37. The van der Waals surface area contributed by atoms with Crippen LogP contribution in [0.4, 0.5) is 5.69 Å². The molecule has 2 aromatic rings. The second-order valence-corrected chi connectivity index (χ2v) is 13.6. The Morgan fingerprint density at radius 3 is 2.54 bits per heavy atom. The van der Waals surface area contributed by atoms with Crippen LogP contribution >= 0.6 is 0 Å². The van der Waals surface area contributed by atoms with Gasteiger partial charge < -0.3 is 19.3 Å². The Labute approximate surface area is 272 Å². The topological polar surface area (TPSA) is 94.7 Å². The van der Waals surface area contributed by atoms with Crippen LogP contribution in [0.1, 0.15) is 66.4 Å². The first-order valence-corrected chi connectivity index (χ1v) is 17.3. The molecule has 0 radical (unpaired) electrons. The van der Waals surface area contributed by atoms with Gasteiger partial charge in [0.1, 0.15) is 18.4 Å². The lowest BCUT2D eigenvalue weighted by molar-refractivity contribution is -0.136. The molecular formula is C36H47N5O5. The van der Waals surface area contributed by atoms with E-state index < -0.39 is 6.04 Å². The van der Waals surface area contributed by atoms with Crippen LogP contribution in [0, 0.1) is 5.92 Å². The molecule has 4 saturated heterocycles. The standard InChI is InChI=1S/C36H47N5O5/c42-34-11-10-33(35(43)37-34)41-24-28-21-30(8-9-31(28)36(41)44)46-25-29-6-3-4-14-40(29)23-27-5-1-2-7-32(27)39-17-15-38(16-18-39)22-26-12-19-45-20-13-26/h1-2,5,7-9,21,26,29,33H,3-4,6,10-20,22-25H2,(H,37,42,43). The summed E-state index contributed by atoms with van der Waals surface area (Å²) in [5.41, 5.74) is 4.23. The zero-order valence-corrected chi connectivity index (χ0v) is 26.8. The highest BCUT2D eigenvalue weighted by Gasteiger charge is 2.39. The number of imide groups is 1. The normalized spacial score (nSPS) is 25.1. The number of likely N-dealkylation sites (tertiary alicyclic amines) is 1. The smallest absolute Gasteiger partial charge is 0.255 e. The van der Waals surface area contributed by atoms with E-state index in [-0.39, 0.29) is 24.1 Å². The van der Waals surface area contributed by atoms with E-state index in [0.717, 1.165) is 76.1 Å². The third-order valence-electron chi connectivity index (χ3n) is 10.6. The number of rotatable bonds is 9. The number of ether oxygens (including phenoxy) is 2. The Hall–Kier alpha value is -3.47. The number of hydrogen-bond acceptors (Lipinski definition) is 8. The van der Waals surface area contributed by atoms with Crippen molar-refractivity contribution in [2.45, 2.75) is 70.1 Å². The first kappa shape index (κ1) is 31.1. The molecule has 4 fully saturated rings. The van der Waals surface area contributed by atoms with Crippen molar-refractivity contribution in [2.75, 3.05) is 64.0 Å². The van der Waals surface area contributed by atoms with E-state index in [0.29, 0.717) is 31.2 Å². The lowest BCUT2D eigenvalue weighted by Gasteiger charge is -2.40. The SMILES string of the molecule is O=C1CCC(N2Cc3cc(OCC4CCCCN4Cc4ccccc4N4CCN(CC5CCOCC5)CC4)ccc3C2=O)C(=O)N1. The number of carbonyl (C=O) groups excluding carboxylic acids is 3. The van der Waals surface area contributed by atoms with Crippen LogP contribution < -0.4 is 15.0 Å². The molecule has 0 saturated carbocycles. The van der Waals surface area contributed by atoms with Crippen LogP contribution in [0.3, 0.4) is 0 Å². The highest BCUT2D eigenvalue weighted by molar-refractivity contribution is 6.05. The third kappa shape index (κ3) is 6.94. The number of nitrogens with zero attached hydrogens (tertiary/aromatic N) is 4. The Morgan fingerprint density at radius 1 is 0.891 bits per heavy atom. The van der Waals surface area contributed by atoms with Gasteiger partial charge in [0.2, 0.25) is 11.8 Å². The maximum atomic E-state index is 13.1. The summed E-state index contributed by atoms with van der Waals surface area (Å²) < 4.78 is 12.0. The zero-order valence-electron chi connectivity index (χ0n) is 26.8. The van der Waals surface area contributed by atoms with Crippen LogP contribution in [0.15, 0.2) is 42.5 Å². The lowest BCUT2D eigenvalue weighted by atomic mass is 9.99. The first-order valence-electron chi connectivity index (χ1n) is 17.3. The van der Waals surface area contributed by atoms with E-state index in [1.807, 2.05) is 18.2 Å². The van der Waals surface area contributed by atoms with Crippen molar-refractivity contribution in [3.05, 3.63) is 59.2 Å². The fourth-order valence-electron chi connectivity index (χ4n) is 7.93. The van der Waals surface area contributed by atoms with Crippen LogP contribution in [0.2, 0.25) is 0 Å². The molecule has 0 aromatic heterocycles. The van der Waals surface area contributed by atoms with Crippen molar-refractivity contribution in [3.63, 3.8) is 0 Å². The zero-order chi connectivity index (χ0) is 31.5. The van der Waals surface area contributed by atoms with E-state index in [9.17, 15) is 14.4 Å². The average molecular weight is 630 g/mol. The minimum atomic E-state index is -0.610. The highest BCUT2D eigenvalue weighted by atomic mass is 16.5. The third-order valence-corrected chi connectivity index (χ3v) is 10.6. The fourth-order valence-corrected chi connectivity index (χ4v) is 7.93. The number of benzene rings is 2. The van der Waals surface area contributed by atoms with Crippen molar-refractivity contribution in [1.82, 2.24) is 20.0 Å². The van der Waals surface area contributed by atoms with Crippen molar-refractivity contribution in [1.29, 1.82) is 0 Å². The monoisotopic (exact) mass is 629 g/mol. The molecule has 5 heterocycles. The van der Waals surface area contributed by atoms with Gasteiger partial charge in [-0.25, -0.2) is 0 Å². The molecule has 0 aliphatic carbocycles. The molecule has 0 spiro atoms. The molecule has 246 valence electrons. The quantitative estimate of drug-likeness (QED) is 0.422. The van der Waals surface area contributed by atoms with E-state index in [2.05, 4.69) is 44.3 Å². The molecule has 2 atom stereocenters. The molecule has 10 nitrogen and oxygen atoms in total. The molecule has 46 heavy (non-hydrogen) atoms. The second kappa shape index (κ2) is 14.1. The van der Waals surface area contributed by atoms with Gasteiger partial charge in [0.15, 0.2) is 0 Å². The number of carbonyl (C=O) groups is 3. The molecule has 2 unspecified atom stereocenters. The summed E-state index contributed by atoms with van der Waals surface area (Å²) in [5.74, 6) is 0.703. The van der Waals surface area contributed by atoms with Crippen molar-refractivity contribution in [3.8, 4) is 5.75 Å². The maximum Gasteiger partial charge on any atom is 0.255 e. The molecule has 5 aliphatic rings. The summed E-state index contributed by atoms with van der Waals surface area (Å²) in [6, 6.07) is 14.3. The van der Waals surface area contributed by atoms with Crippen LogP contribution in [-0.2, 0) is 27.4 Å². The summed E-state index contributed by atoms with van der Waals surface area (Å²) in [6.07, 6.45) is 6.49. The maximum absolute atomic E-state index is 13.1. The first-order chi connectivity index (χ1) is 22.5. The Kier molecular flexibility index (Phi) is 9.55. The van der Waals surface area contributed by atoms with Crippen LogP contribution in [0.5, 0.6) is 5.75 Å². The van der Waals surface area contributed by atoms with Gasteiger partial charge in [-0.05, 0) is 80.0 Å². The fraction of sp³-hybridized carbons (Fsp3) is 0.583. The molecule has 10 heteroatoms. The molecule has 2 aromatic carbocycles. The van der Waals surface area contributed by atoms with Crippen LogP contribution in [-0.4, -0.2) is 104 Å². The van der Waals surface area contributed by atoms with E-state index in [1.54, 1.807) is 4.90 Å². The van der Waals surface area contributed by atoms with Crippen LogP contribution in [0.25, 0.3) is 0 Å². The van der Waals surface area contributed by atoms with Gasteiger partial charge in [0, 0.05) is 82.7 Å². The summed E-state index contributed by atoms with van der Waals surface area (Å²) in [7, 11) is 0. The van der Waals surface area contributed by atoms with Gasteiger partial charge in [-0.15, -0.1) is 0 Å². The number of piperidine rings is 2. The van der Waals surface area contributed by atoms with Crippen molar-refractivity contribution < 1.29 is 23.9 Å². The molecule has 5 aliphatic heterocycles. The Morgan fingerprint density at radius 2 is 1.72 bits per heavy atom. The average Bonchev–Trinajstić information content (AvgIpc) is 3.40. The van der Waals surface area contributed by atoms with Crippen molar-refractivity contribution >= 4 is 23.4 Å². The predicted molar refractivity (Wildman–Crippen MR) is 175 cm³/mol. The number of hydrogen-bond donors (Lipinski definition) is 1. The lowest BCUT2D eigenvalue weighted by Crippen LogP contribution is -2.52. The predicted octanol–water partition coefficient (Wildman–Crippen LogP) is 3.43. The van der Waals surface area contributed by atoms with Gasteiger partial charge in [0.25, 0.3) is 5.91 Å². The summed E-state index contributed by atoms with van der Waals surface area (Å²) in [4.78, 5) is 46.5. The number of para-hydroxylation sites is 1. The summed E-state index contributed by atoms with van der Waals surface area (Å²) >= 11 is 0. The van der Waals surface area contributed by atoms with Gasteiger partial charge in [-0.3, -0.25) is 29.5 Å². The van der Waals surface area contributed by atoms with Gasteiger partial charge in [0.05, 0.1) is 0 Å². The Balaban J connectivity index is 0.952. The minimum absolute atomic E-state index is 0.158. The number of amides is 3. The molecule has 0 bridgehead atoms. The van der Waals surface area contributed by atoms with Gasteiger partial charge in [-0.1, -0.05) is 24.6 Å².